The van der Waals surface area contributed by atoms with Crippen LogP contribution in [0.2, 0.25) is 5.02 Å². The third-order valence-electron chi connectivity index (χ3n) is 3.96. The summed E-state index contributed by atoms with van der Waals surface area (Å²) in [5.74, 6) is 0.190. The summed E-state index contributed by atoms with van der Waals surface area (Å²) in [5, 5.41) is 0.194. The maximum atomic E-state index is 12.4. The highest BCUT2D eigenvalue weighted by molar-refractivity contribution is 7.89. The Morgan fingerprint density at radius 2 is 1.96 bits per heavy atom. The molecule has 0 radical (unpaired) electrons. The van der Waals surface area contributed by atoms with E-state index >= 15 is 0 Å². The Morgan fingerprint density at radius 1 is 1.29 bits per heavy atom. The molecule has 0 unspecified atom stereocenters. The van der Waals surface area contributed by atoms with E-state index in [2.05, 4.69) is 9.62 Å². The molecule has 0 aromatic heterocycles. The molecule has 138 valence electrons. The minimum atomic E-state index is -3.68. The van der Waals surface area contributed by atoms with Crippen LogP contribution in [0.15, 0.2) is 17.0 Å². The number of anilines is 1. The molecule has 1 fully saturated rings. The van der Waals surface area contributed by atoms with Gasteiger partial charge in [0.25, 0.3) is 0 Å². The molecule has 6 nitrogen and oxygen atoms in total. The summed E-state index contributed by atoms with van der Waals surface area (Å²) in [7, 11) is -2.28. The van der Waals surface area contributed by atoms with E-state index in [1.165, 1.54) is 38.5 Å². The number of rotatable bonds is 7. The zero-order chi connectivity index (χ0) is 16.9. The summed E-state index contributed by atoms with van der Waals surface area (Å²) >= 11 is 5.93. The summed E-state index contributed by atoms with van der Waals surface area (Å²) in [6.45, 7) is 3.49. The van der Waals surface area contributed by atoms with Gasteiger partial charge in [0.05, 0.1) is 17.8 Å². The molecule has 1 aliphatic heterocycles. The molecular formula is C15H25Cl2N3O3S. The number of hydrogen-bond donors (Lipinski definition) is 2. The van der Waals surface area contributed by atoms with Crippen molar-refractivity contribution >= 4 is 39.7 Å². The molecule has 3 N–H and O–H groups in total. The fourth-order valence-electron chi connectivity index (χ4n) is 2.69. The van der Waals surface area contributed by atoms with Crippen molar-refractivity contribution in [2.45, 2.75) is 30.6 Å². The number of benzene rings is 1. The van der Waals surface area contributed by atoms with Gasteiger partial charge in [-0.2, -0.15) is 0 Å². The van der Waals surface area contributed by atoms with Crippen molar-refractivity contribution in [3.05, 3.63) is 17.2 Å². The summed E-state index contributed by atoms with van der Waals surface area (Å²) in [4.78, 5) is 2.38. The van der Waals surface area contributed by atoms with Gasteiger partial charge in [0.1, 0.15) is 10.6 Å². The molecule has 1 saturated heterocycles. The van der Waals surface area contributed by atoms with Gasteiger partial charge in [-0.05, 0) is 45.0 Å². The normalized spacial score (nSPS) is 15.8. The third kappa shape index (κ3) is 5.67. The van der Waals surface area contributed by atoms with E-state index in [0.717, 1.165) is 26.1 Å². The minimum Gasteiger partial charge on any atom is -0.495 e. The third-order valence-corrected chi connectivity index (χ3v) is 5.77. The zero-order valence-corrected chi connectivity index (χ0v) is 16.1. The maximum Gasteiger partial charge on any atom is 0.244 e. The van der Waals surface area contributed by atoms with E-state index in [-0.39, 0.29) is 33.8 Å². The van der Waals surface area contributed by atoms with Gasteiger partial charge in [-0.15, -0.1) is 12.4 Å². The number of methoxy groups -OCH3 is 1. The topological polar surface area (TPSA) is 84.7 Å². The van der Waals surface area contributed by atoms with Gasteiger partial charge in [-0.25, -0.2) is 13.1 Å². The molecule has 0 aliphatic carbocycles. The second-order valence-corrected chi connectivity index (χ2v) is 7.82. The second-order valence-electron chi connectivity index (χ2n) is 5.68. The molecule has 1 aromatic carbocycles. The highest BCUT2D eigenvalue weighted by Crippen LogP contribution is 2.31. The first kappa shape index (κ1) is 21.3. The number of ether oxygens (including phenoxy) is 1. The van der Waals surface area contributed by atoms with Gasteiger partial charge in [0, 0.05) is 12.6 Å². The first-order chi connectivity index (χ1) is 10.9. The zero-order valence-electron chi connectivity index (χ0n) is 13.8. The van der Waals surface area contributed by atoms with Crippen molar-refractivity contribution in [3.63, 3.8) is 0 Å². The molecule has 1 heterocycles. The summed E-state index contributed by atoms with van der Waals surface area (Å²) in [5.41, 5.74) is 5.96. The molecule has 0 bridgehead atoms. The number of nitrogens with two attached hydrogens (primary N) is 1. The van der Waals surface area contributed by atoms with Crippen LogP contribution in [0.5, 0.6) is 5.75 Å². The number of piperidine rings is 1. The predicted molar refractivity (Wildman–Crippen MR) is 99.8 cm³/mol. The van der Waals surface area contributed by atoms with Crippen molar-refractivity contribution < 1.29 is 13.2 Å². The number of hydrogen-bond acceptors (Lipinski definition) is 5. The van der Waals surface area contributed by atoms with Gasteiger partial charge < -0.3 is 15.4 Å². The molecule has 24 heavy (non-hydrogen) atoms. The van der Waals surface area contributed by atoms with Crippen LogP contribution in [0.3, 0.4) is 0 Å². The van der Waals surface area contributed by atoms with E-state index in [9.17, 15) is 8.42 Å². The lowest BCUT2D eigenvalue weighted by Gasteiger charge is -2.26. The lowest BCUT2D eigenvalue weighted by Crippen LogP contribution is -2.33. The number of nitrogen functional groups attached to an aromatic ring is 1. The van der Waals surface area contributed by atoms with E-state index < -0.39 is 10.0 Å². The standard InChI is InChI=1S/C15H24ClN3O3S.ClH/c1-22-14-11-13(17)12(16)10-15(14)23(20,21)18-6-5-9-19-7-3-2-4-8-19;/h10-11,18H,2-9,17H2,1H3;1H. The molecule has 0 atom stereocenters. The average Bonchev–Trinajstić information content (AvgIpc) is 2.54. The van der Waals surface area contributed by atoms with Gasteiger partial charge in [-0.3, -0.25) is 0 Å². The Morgan fingerprint density at radius 3 is 2.58 bits per heavy atom. The van der Waals surface area contributed by atoms with Crippen molar-refractivity contribution in [1.29, 1.82) is 0 Å². The smallest absolute Gasteiger partial charge is 0.244 e. The molecule has 1 aliphatic rings. The van der Waals surface area contributed by atoms with Crippen LogP contribution < -0.4 is 15.2 Å². The quantitative estimate of drug-likeness (QED) is 0.545. The van der Waals surface area contributed by atoms with Gasteiger partial charge in [0.15, 0.2) is 0 Å². The first-order valence-electron chi connectivity index (χ1n) is 7.79. The van der Waals surface area contributed by atoms with Crippen molar-refractivity contribution in [1.82, 2.24) is 9.62 Å². The van der Waals surface area contributed by atoms with Gasteiger partial charge in [0.2, 0.25) is 10.0 Å². The lowest BCUT2D eigenvalue weighted by molar-refractivity contribution is 0.227. The number of halogens is 2. The molecule has 1 aromatic rings. The van der Waals surface area contributed by atoms with E-state index in [0.29, 0.717) is 6.54 Å². The Bertz CT molecular complexity index is 635. The van der Waals surface area contributed by atoms with Crippen LogP contribution in [0, 0.1) is 0 Å². The van der Waals surface area contributed by atoms with E-state index in [4.69, 9.17) is 22.1 Å². The lowest BCUT2D eigenvalue weighted by atomic mass is 10.1. The summed E-state index contributed by atoms with van der Waals surface area (Å²) < 4.78 is 32.6. The molecule has 2 rings (SSSR count). The maximum absolute atomic E-state index is 12.4. The fourth-order valence-corrected chi connectivity index (χ4v) is 4.17. The van der Waals surface area contributed by atoms with E-state index in [1.807, 2.05) is 0 Å². The highest BCUT2D eigenvalue weighted by Gasteiger charge is 2.21. The van der Waals surface area contributed by atoms with E-state index in [1.54, 1.807) is 0 Å². The number of nitrogens with zero attached hydrogens (tertiary/aromatic N) is 1. The molecule has 9 heteroatoms. The predicted octanol–water partition coefficient (Wildman–Crippen LogP) is 2.51. The number of nitrogens with one attached hydrogen (secondary N) is 1. The highest BCUT2D eigenvalue weighted by atomic mass is 35.5. The molecule has 0 saturated carbocycles. The molecular weight excluding hydrogens is 373 g/mol. The fraction of sp³-hybridized carbons (Fsp3) is 0.600. The van der Waals surface area contributed by atoms with Crippen LogP contribution >= 0.6 is 24.0 Å². The number of likely N-dealkylation sites (tertiary alicyclic amines) is 1. The number of sulfonamides is 1. The Hall–Kier alpha value is -0.730. The first-order valence-corrected chi connectivity index (χ1v) is 9.65. The van der Waals surface area contributed by atoms with Crippen molar-refractivity contribution in [3.8, 4) is 5.75 Å². The second kappa shape index (κ2) is 9.68. The van der Waals surface area contributed by atoms with Crippen LogP contribution in [0.1, 0.15) is 25.7 Å². The summed E-state index contributed by atoms with van der Waals surface area (Å²) in [6, 6.07) is 2.74. The van der Waals surface area contributed by atoms with Crippen molar-refractivity contribution in [2.75, 3.05) is 39.0 Å². The molecule has 0 amide bonds. The minimum absolute atomic E-state index is 0. The largest absolute Gasteiger partial charge is 0.495 e. The monoisotopic (exact) mass is 397 g/mol. The molecule has 0 spiro atoms. The van der Waals surface area contributed by atoms with Crippen LogP contribution in [-0.2, 0) is 10.0 Å². The Balaban J connectivity index is 0.00000288. The van der Waals surface area contributed by atoms with Crippen LogP contribution in [0.25, 0.3) is 0 Å². The van der Waals surface area contributed by atoms with Crippen molar-refractivity contribution in [2.24, 2.45) is 0 Å². The SMILES string of the molecule is COc1cc(N)c(Cl)cc1S(=O)(=O)NCCCN1CCCCC1.Cl. The Kier molecular flexibility index (Phi) is 8.59. The average molecular weight is 398 g/mol. The Labute approximate surface area is 155 Å². The van der Waals surface area contributed by atoms with Gasteiger partial charge in [-0.1, -0.05) is 18.0 Å². The van der Waals surface area contributed by atoms with Gasteiger partial charge >= 0.3 is 0 Å². The van der Waals surface area contributed by atoms with Crippen LogP contribution in [-0.4, -0.2) is 46.6 Å². The summed E-state index contributed by atoms with van der Waals surface area (Å²) in [6.07, 6.45) is 4.52. The van der Waals surface area contributed by atoms with Crippen LogP contribution in [0.4, 0.5) is 5.69 Å².